The molecular weight excluding hydrogens is 498 g/mol. The second kappa shape index (κ2) is 9.21. The number of hydrogen-bond donors (Lipinski definition) is 0. The Morgan fingerprint density at radius 1 is 0.659 bits per heavy atom. The Kier molecular flexibility index (Phi) is 5.33. The number of rotatable bonds is 4. The van der Waals surface area contributed by atoms with Crippen molar-refractivity contribution in [1.82, 2.24) is 14.0 Å². The summed E-state index contributed by atoms with van der Waals surface area (Å²) in [6.45, 7) is 4.23. The van der Waals surface area contributed by atoms with Crippen molar-refractivity contribution in [2.24, 2.45) is 0 Å². The molecule has 0 N–H and O–H groups in total. The highest BCUT2D eigenvalue weighted by molar-refractivity contribution is 6.31. The standard InChI is InChI=1S/C38H29N3/c1-3-5-13-25(4-2)30-17-12-21-36(39-30)41-33-20-11-8-16-28(33)38-34(41)23-22-29-35-24-26-14-6-9-18-31(26)40(35)32-19-10-7-15-27(32)37(29)38/h4-24H,3H2,1-2H3/b13-5-,25-4+. The molecule has 0 amide bonds. The first-order valence-corrected chi connectivity index (χ1v) is 14.4. The minimum atomic E-state index is 0.927. The molecule has 41 heavy (non-hydrogen) atoms. The molecule has 3 nitrogen and oxygen atoms in total. The van der Waals surface area contributed by atoms with Gasteiger partial charge in [0.25, 0.3) is 0 Å². The predicted molar refractivity (Wildman–Crippen MR) is 175 cm³/mol. The van der Waals surface area contributed by atoms with Crippen molar-refractivity contribution in [3.63, 3.8) is 0 Å². The molecule has 0 unspecified atom stereocenters. The van der Waals surface area contributed by atoms with E-state index in [4.69, 9.17) is 4.98 Å². The van der Waals surface area contributed by atoms with Gasteiger partial charge < -0.3 is 4.40 Å². The van der Waals surface area contributed by atoms with Gasteiger partial charge in [0.2, 0.25) is 0 Å². The molecule has 0 aliphatic heterocycles. The minimum Gasteiger partial charge on any atom is -0.309 e. The molecule has 4 heterocycles. The fourth-order valence-corrected chi connectivity index (χ4v) is 6.58. The molecule has 8 rings (SSSR count). The number of nitrogens with zero attached hydrogens (tertiary/aromatic N) is 3. The number of pyridine rings is 2. The van der Waals surface area contributed by atoms with Gasteiger partial charge in [-0.25, -0.2) is 4.98 Å². The van der Waals surface area contributed by atoms with E-state index >= 15 is 0 Å². The molecule has 0 bridgehead atoms. The maximum absolute atomic E-state index is 5.20. The second-order valence-electron chi connectivity index (χ2n) is 10.6. The lowest BCUT2D eigenvalue weighted by Crippen LogP contribution is -1.99. The lowest BCUT2D eigenvalue weighted by atomic mass is 9.99. The van der Waals surface area contributed by atoms with Crippen molar-refractivity contribution < 1.29 is 0 Å². The van der Waals surface area contributed by atoms with E-state index in [2.05, 4.69) is 150 Å². The lowest BCUT2D eigenvalue weighted by Gasteiger charge is -2.13. The quantitative estimate of drug-likeness (QED) is 0.165. The molecule has 0 atom stereocenters. The summed E-state index contributed by atoms with van der Waals surface area (Å²) in [5, 5.41) is 7.57. The molecule has 0 radical (unpaired) electrons. The highest BCUT2D eigenvalue weighted by Crippen LogP contribution is 2.42. The highest BCUT2D eigenvalue weighted by atomic mass is 15.1. The monoisotopic (exact) mass is 527 g/mol. The van der Waals surface area contributed by atoms with Gasteiger partial charge in [0.05, 0.1) is 33.3 Å². The maximum Gasteiger partial charge on any atom is 0.138 e. The minimum absolute atomic E-state index is 0.927. The average molecular weight is 528 g/mol. The second-order valence-corrected chi connectivity index (χ2v) is 10.6. The summed E-state index contributed by atoms with van der Waals surface area (Å²) in [6.07, 6.45) is 7.49. The fourth-order valence-electron chi connectivity index (χ4n) is 6.58. The third-order valence-corrected chi connectivity index (χ3v) is 8.34. The normalized spacial score (nSPS) is 12.8. The molecule has 0 saturated carbocycles. The van der Waals surface area contributed by atoms with Crippen LogP contribution < -0.4 is 0 Å². The maximum atomic E-state index is 5.20. The van der Waals surface area contributed by atoms with E-state index in [1.807, 2.05) is 0 Å². The van der Waals surface area contributed by atoms with E-state index in [1.165, 1.54) is 54.4 Å². The third kappa shape index (κ3) is 3.42. The first-order chi connectivity index (χ1) is 20.3. The van der Waals surface area contributed by atoms with Gasteiger partial charge in [-0.15, -0.1) is 0 Å². The topological polar surface area (TPSA) is 22.2 Å². The molecule has 4 aromatic heterocycles. The first-order valence-electron chi connectivity index (χ1n) is 14.4. The molecule has 0 fully saturated rings. The first kappa shape index (κ1) is 23.7. The van der Waals surface area contributed by atoms with E-state index in [0.29, 0.717) is 0 Å². The summed E-state index contributed by atoms with van der Waals surface area (Å²) in [5.41, 5.74) is 8.14. The van der Waals surface area contributed by atoms with Crippen LogP contribution >= 0.6 is 0 Å². The summed E-state index contributed by atoms with van der Waals surface area (Å²) in [7, 11) is 0. The van der Waals surface area contributed by atoms with Gasteiger partial charge in [-0.05, 0) is 61.4 Å². The highest BCUT2D eigenvalue weighted by Gasteiger charge is 2.20. The molecule has 8 aromatic rings. The summed E-state index contributed by atoms with van der Waals surface area (Å²) in [6, 6.07) is 39.5. The van der Waals surface area contributed by atoms with Gasteiger partial charge in [0, 0.05) is 32.3 Å². The van der Waals surface area contributed by atoms with Crippen LogP contribution in [0.5, 0.6) is 0 Å². The fraction of sp³-hybridized carbons (Fsp3) is 0.0789. The van der Waals surface area contributed by atoms with Crippen LogP contribution in [0.3, 0.4) is 0 Å². The number of allylic oxidation sites excluding steroid dienone is 4. The molecule has 0 aliphatic rings. The Hall–Kier alpha value is -5.15. The number of para-hydroxylation sites is 3. The zero-order valence-corrected chi connectivity index (χ0v) is 23.2. The number of benzene rings is 4. The van der Waals surface area contributed by atoms with Crippen molar-refractivity contribution >= 4 is 65.5 Å². The Morgan fingerprint density at radius 3 is 2.17 bits per heavy atom. The van der Waals surface area contributed by atoms with Crippen molar-refractivity contribution in [1.29, 1.82) is 0 Å². The average Bonchev–Trinajstić information content (AvgIpc) is 3.58. The van der Waals surface area contributed by atoms with E-state index in [9.17, 15) is 0 Å². The van der Waals surface area contributed by atoms with Gasteiger partial charge in [-0.2, -0.15) is 0 Å². The zero-order chi connectivity index (χ0) is 27.5. The van der Waals surface area contributed by atoms with Crippen LogP contribution in [0.15, 0.2) is 127 Å². The van der Waals surface area contributed by atoms with Crippen LogP contribution in [0, 0.1) is 0 Å². The van der Waals surface area contributed by atoms with Crippen molar-refractivity contribution in [2.75, 3.05) is 0 Å². The summed E-state index contributed by atoms with van der Waals surface area (Å²) < 4.78 is 4.75. The largest absolute Gasteiger partial charge is 0.309 e. The molecule has 196 valence electrons. The Bertz CT molecular complexity index is 2360. The smallest absolute Gasteiger partial charge is 0.138 e. The van der Waals surface area contributed by atoms with Crippen molar-refractivity contribution in [3.8, 4) is 5.82 Å². The van der Waals surface area contributed by atoms with Crippen LogP contribution in [-0.4, -0.2) is 14.0 Å². The summed E-state index contributed by atoms with van der Waals surface area (Å²) in [5.74, 6) is 0.927. The molecular formula is C38H29N3. The summed E-state index contributed by atoms with van der Waals surface area (Å²) in [4.78, 5) is 5.20. The zero-order valence-electron chi connectivity index (χ0n) is 23.2. The number of aromatic nitrogens is 3. The van der Waals surface area contributed by atoms with Gasteiger partial charge in [-0.3, -0.25) is 4.57 Å². The molecule has 0 spiro atoms. The van der Waals surface area contributed by atoms with E-state index in [0.717, 1.165) is 29.0 Å². The molecule has 0 aliphatic carbocycles. The van der Waals surface area contributed by atoms with Gasteiger partial charge in [0.1, 0.15) is 5.82 Å². The van der Waals surface area contributed by atoms with Crippen LogP contribution in [0.2, 0.25) is 0 Å². The van der Waals surface area contributed by atoms with Gasteiger partial charge in [0.15, 0.2) is 0 Å². The summed E-state index contributed by atoms with van der Waals surface area (Å²) >= 11 is 0. The molecule has 4 aromatic carbocycles. The Morgan fingerprint density at radius 2 is 1.37 bits per heavy atom. The van der Waals surface area contributed by atoms with E-state index in [1.54, 1.807) is 0 Å². The van der Waals surface area contributed by atoms with E-state index in [-0.39, 0.29) is 0 Å². The van der Waals surface area contributed by atoms with Crippen LogP contribution in [0.4, 0.5) is 0 Å². The van der Waals surface area contributed by atoms with Crippen molar-refractivity contribution in [2.45, 2.75) is 20.3 Å². The van der Waals surface area contributed by atoms with Crippen molar-refractivity contribution in [3.05, 3.63) is 133 Å². The molecule has 3 heteroatoms. The third-order valence-electron chi connectivity index (χ3n) is 8.34. The number of fused-ring (bicyclic) bond motifs is 12. The Labute approximate surface area is 238 Å². The molecule has 0 saturated heterocycles. The predicted octanol–water partition coefficient (Wildman–Crippen LogP) is 10.3. The number of hydrogen-bond acceptors (Lipinski definition) is 1. The van der Waals surface area contributed by atoms with Gasteiger partial charge in [-0.1, -0.05) is 91.9 Å². The Balaban J connectivity index is 1.53. The SMILES string of the molecule is C/C=C(\C=C/CC)c1cccc(-n2c3ccccc3c3c4c5ccccc5n5c6ccccc6cc5c4ccc32)n1. The van der Waals surface area contributed by atoms with Crippen LogP contribution in [0.25, 0.3) is 71.3 Å². The van der Waals surface area contributed by atoms with Crippen LogP contribution in [-0.2, 0) is 0 Å². The van der Waals surface area contributed by atoms with Crippen LogP contribution in [0.1, 0.15) is 26.0 Å². The van der Waals surface area contributed by atoms with Gasteiger partial charge >= 0.3 is 0 Å². The lowest BCUT2D eigenvalue weighted by molar-refractivity contribution is 1.07. The van der Waals surface area contributed by atoms with E-state index < -0.39 is 0 Å².